The SMILES string of the molecule is FC(F)C(F)(F)Oc1cccc(CC2NCOC2c2ccc(OCc3ccccc3)cc2)c1. The minimum absolute atomic E-state index is 0.132. The molecular formula is C25H23F4NO3. The molecule has 3 aromatic carbocycles. The van der Waals surface area contributed by atoms with Crippen LogP contribution in [0, 0.1) is 0 Å². The normalized spacial score (nSPS) is 18.5. The maximum absolute atomic E-state index is 13.2. The van der Waals surface area contributed by atoms with E-state index in [4.69, 9.17) is 9.47 Å². The van der Waals surface area contributed by atoms with E-state index >= 15 is 0 Å². The smallest absolute Gasteiger partial charge is 0.461 e. The Kier molecular flexibility index (Phi) is 7.15. The number of rotatable bonds is 9. The molecule has 1 aliphatic rings. The Morgan fingerprint density at radius 2 is 1.64 bits per heavy atom. The second kappa shape index (κ2) is 10.2. The summed E-state index contributed by atoms with van der Waals surface area (Å²) in [5, 5.41) is 3.24. The van der Waals surface area contributed by atoms with Gasteiger partial charge in [0.15, 0.2) is 0 Å². The Balaban J connectivity index is 1.38. The lowest BCUT2D eigenvalue weighted by molar-refractivity contribution is -0.253. The number of hydrogen-bond acceptors (Lipinski definition) is 4. The van der Waals surface area contributed by atoms with Crippen LogP contribution in [0.15, 0.2) is 78.9 Å². The first-order valence-electron chi connectivity index (χ1n) is 10.5. The van der Waals surface area contributed by atoms with E-state index in [1.807, 2.05) is 54.6 Å². The molecular weight excluding hydrogens is 438 g/mol. The molecule has 3 aromatic rings. The van der Waals surface area contributed by atoms with Crippen LogP contribution in [0.4, 0.5) is 17.6 Å². The monoisotopic (exact) mass is 461 g/mol. The van der Waals surface area contributed by atoms with Crippen molar-refractivity contribution in [3.63, 3.8) is 0 Å². The summed E-state index contributed by atoms with van der Waals surface area (Å²) in [7, 11) is 0. The fourth-order valence-corrected chi connectivity index (χ4v) is 3.66. The summed E-state index contributed by atoms with van der Waals surface area (Å²) in [5.41, 5.74) is 2.67. The van der Waals surface area contributed by atoms with Gasteiger partial charge in [-0.15, -0.1) is 0 Å². The number of benzene rings is 3. The lowest BCUT2D eigenvalue weighted by Gasteiger charge is -2.20. The van der Waals surface area contributed by atoms with Crippen molar-refractivity contribution < 1.29 is 31.8 Å². The van der Waals surface area contributed by atoms with Crippen LogP contribution in [-0.2, 0) is 17.8 Å². The zero-order valence-corrected chi connectivity index (χ0v) is 17.6. The summed E-state index contributed by atoms with van der Waals surface area (Å²) < 4.78 is 67.1. The third-order valence-corrected chi connectivity index (χ3v) is 5.29. The molecule has 0 saturated carbocycles. The molecule has 1 heterocycles. The Bertz CT molecular complexity index is 1030. The number of nitrogens with one attached hydrogen (secondary N) is 1. The summed E-state index contributed by atoms with van der Waals surface area (Å²) in [5.74, 6) is 0.420. The van der Waals surface area contributed by atoms with E-state index in [9.17, 15) is 17.6 Å². The molecule has 1 N–H and O–H groups in total. The number of hydrogen-bond donors (Lipinski definition) is 1. The maximum atomic E-state index is 13.2. The average molecular weight is 461 g/mol. The van der Waals surface area contributed by atoms with Gasteiger partial charge in [0.25, 0.3) is 0 Å². The van der Waals surface area contributed by atoms with Gasteiger partial charge < -0.3 is 14.2 Å². The fraction of sp³-hybridized carbons (Fsp3) is 0.280. The Labute approximate surface area is 189 Å². The van der Waals surface area contributed by atoms with Gasteiger partial charge in [-0.3, -0.25) is 5.32 Å². The highest BCUT2D eigenvalue weighted by molar-refractivity contribution is 5.32. The van der Waals surface area contributed by atoms with Crippen LogP contribution >= 0.6 is 0 Å². The predicted octanol–water partition coefficient (Wildman–Crippen LogP) is 5.73. The van der Waals surface area contributed by atoms with Gasteiger partial charge >= 0.3 is 12.5 Å². The molecule has 1 fully saturated rings. The van der Waals surface area contributed by atoms with Crippen molar-refractivity contribution in [2.45, 2.75) is 37.7 Å². The standard InChI is InChI=1S/C25H23F4NO3/c26-24(27)25(28,29)33-21-8-4-7-18(13-21)14-22-23(32-16-30-22)19-9-11-20(12-10-19)31-15-17-5-2-1-3-6-17/h1-13,22-24,30H,14-16H2. The Hall–Kier alpha value is -3.10. The van der Waals surface area contributed by atoms with Gasteiger partial charge in [-0.25, -0.2) is 0 Å². The first-order chi connectivity index (χ1) is 15.9. The lowest BCUT2D eigenvalue weighted by Crippen LogP contribution is -2.33. The van der Waals surface area contributed by atoms with Gasteiger partial charge in [0.2, 0.25) is 0 Å². The summed E-state index contributed by atoms with van der Waals surface area (Å²) in [4.78, 5) is 0. The molecule has 0 amide bonds. The van der Waals surface area contributed by atoms with E-state index in [2.05, 4.69) is 10.1 Å². The van der Waals surface area contributed by atoms with E-state index < -0.39 is 12.5 Å². The topological polar surface area (TPSA) is 39.7 Å². The molecule has 2 unspecified atom stereocenters. The molecule has 174 valence electrons. The summed E-state index contributed by atoms with van der Waals surface area (Å²) >= 11 is 0. The minimum Gasteiger partial charge on any atom is -0.489 e. The third kappa shape index (κ3) is 6.03. The van der Waals surface area contributed by atoms with Crippen LogP contribution in [0.5, 0.6) is 11.5 Å². The highest BCUT2D eigenvalue weighted by Crippen LogP contribution is 2.31. The Morgan fingerprint density at radius 1 is 0.909 bits per heavy atom. The van der Waals surface area contributed by atoms with Crippen LogP contribution in [0.3, 0.4) is 0 Å². The lowest BCUT2D eigenvalue weighted by atomic mass is 9.96. The number of alkyl halides is 4. The maximum Gasteiger partial charge on any atom is 0.461 e. The zero-order chi connectivity index (χ0) is 23.3. The molecule has 33 heavy (non-hydrogen) atoms. The van der Waals surface area contributed by atoms with Crippen molar-refractivity contribution in [1.82, 2.24) is 5.32 Å². The van der Waals surface area contributed by atoms with Gasteiger partial charge in [-0.05, 0) is 47.4 Å². The van der Waals surface area contributed by atoms with Crippen LogP contribution in [0.2, 0.25) is 0 Å². The molecule has 4 rings (SSSR count). The second-order valence-electron chi connectivity index (χ2n) is 7.70. The highest BCUT2D eigenvalue weighted by atomic mass is 19.3. The molecule has 0 aliphatic carbocycles. The third-order valence-electron chi connectivity index (χ3n) is 5.29. The fourth-order valence-electron chi connectivity index (χ4n) is 3.66. The molecule has 0 aromatic heterocycles. The molecule has 4 nitrogen and oxygen atoms in total. The van der Waals surface area contributed by atoms with Gasteiger partial charge in [-0.1, -0.05) is 54.6 Å². The quantitative estimate of drug-likeness (QED) is 0.413. The van der Waals surface area contributed by atoms with Crippen molar-refractivity contribution in [2.24, 2.45) is 0 Å². The summed E-state index contributed by atoms with van der Waals surface area (Å²) in [6.45, 7) is 0.800. The molecule has 8 heteroatoms. The second-order valence-corrected chi connectivity index (χ2v) is 7.70. The van der Waals surface area contributed by atoms with Crippen LogP contribution < -0.4 is 14.8 Å². The summed E-state index contributed by atoms with van der Waals surface area (Å²) in [6, 6.07) is 23.1. The molecule has 0 radical (unpaired) electrons. The zero-order valence-electron chi connectivity index (χ0n) is 17.6. The minimum atomic E-state index is -4.54. The highest BCUT2D eigenvalue weighted by Gasteiger charge is 2.44. The van der Waals surface area contributed by atoms with Crippen molar-refractivity contribution in [1.29, 1.82) is 0 Å². The van der Waals surface area contributed by atoms with Gasteiger partial charge in [-0.2, -0.15) is 17.6 Å². The van der Waals surface area contributed by atoms with Gasteiger partial charge in [0.1, 0.15) is 18.1 Å². The van der Waals surface area contributed by atoms with E-state index in [0.717, 1.165) is 16.9 Å². The van der Waals surface area contributed by atoms with Crippen LogP contribution in [-0.4, -0.2) is 25.3 Å². The van der Waals surface area contributed by atoms with Crippen molar-refractivity contribution in [3.8, 4) is 11.5 Å². The molecule has 1 saturated heterocycles. The first kappa shape index (κ1) is 23.1. The first-order valence-corrected chi connectivity index (χ1v) is 10.5. The summed E-state index contributed by atoms with van der Waals surface area (Å²) in [6.07, 6.45) is -8.27. The average Bonchev–Trinajstić information content (AvgIpc) is 3.26. The Morgan fingerprint density at radius 3 is 2.36 bits per heavy atom. The van der Waals surface area contributed by atoms with Gasteiger partial charge in [0, 0.05) is 6.04 Å². The van der Waals surface area contributed by atoms with Crippen molar-refractivity contribution >= 4 is 0 Å². The predicted molar refractivity (Wildman–Crippen MR) is 115 cm³/mol. The molecule has 2 atom stereocenters. The van der Waals surface area contributed by atoms with Crippen molar-refractivity contribution in [3.05, 3.63) is 95.6 Å². The van der Waals surface area contributed by atoms with E-state index in [0.29, 0.717) is 25.3 Å². The van der Waals surface area contributed by atoms with Crippen LogP contribution in [0.1, 0.15) is 22.8 Å². The number of halogens is 4. The van der Waals surface area contributed by atoms with Gasteiger partial charge in [0.05, 0.1) is 12.8 Å². The largest absolute Gasteiger partial charge is 0.489 e. The van der Waals surface area contributed by atoms with Crippen molar-refractivity contribution in [2.75, 3.05) is 6.73 Å². The van der Waals surface area contributed by atoms with Crippen LogP contribution in [0.25, 0.3) is 0 Å². The molecule has 1 aliphatic heterocycles. The van der Waals surface area contributed by atoms with E-state index in [-0.39, 0.29) is 17.9 Å². The molecule has 0 spiro atoms. The number of ether oxygens (including phenoxy) is 3. The molecule has 0 bridgehead atoms. The van der Waals surface area contributed by atoms with E-state index in [1.165, 1.54) is 18.2 Å². The van der Waals surface area contributed by atoms with E-state index in [1.54, 1.807) is 6.07 Å².